The van der Waals surface area contributed by atoms with Crippen LogP contribution < -0.4 is 10.0 Å². The first-order valence-corrected chi connectivity index (χ1v) is 12.0. The van der Waals surface area contributed by atoms with Crippen LogP contribution in [0.3, 0.4) is 0 Å². The number of halogens is 4. The van der Waals surface area contributed by atoms with Gasteiger partial charge in [-0.25, -0.2) is 17.9 Å². The number of alkyl carbamates (subject to hydrolysis) is 1. The number of ether oxygens (including phenoxy) is 1. The van der Waals surface area contributed by atoms with Gasteiger partial charge in [0.25, 0.3) is 0 Å². The Bertz CT molecular complexity index is 956. The van der Waals surface area contributed by atoms with Crippen molar-refractivity contribution in [3.05, 3.63) is 28.2 Å². The van der Waals surface area contributed by atoms with Crippen LogP contribution in [0.2, 0.25) is 0 Å². The maximum atomic E-state index is 13.3. The number of alkyl halides is 3. The Morgan fingerprint density at radius 3 is 2.31 bits per heavy atom. The van der Waals surface area contributed by atoms with E-state index in [1.165, 1.54) is 11.0 Å². The molecule has 1 aliphatic heterocycles. The zero-order chi connectivity index (χ0) is 24.3. The van der Waals surface area contributed by atoms with Crippen molar-refractivity contribution in [1.82, 2.24) is 14.9 Å². The molecule has 1 fully saturated rings. The molecule has 32 heavy (non-hydrogen) atoms. The van der Waals surface area contributed by atoms with Crippen LogP contribution in [0.1, 0.15) is 39.2 Å². The molecule has 13 heteroatoms. The van der Waals surface area contributed by atoms with Gasteiger partial charge in [-0.3, -0.25) is 4.79 Å². The number of benzene rings is 1. The highest BCUT2D eigenvalue weighted by atomic mass is 79.9. The summed E-state index contributed by atoms with van der Waals surface area (Å²) in [5, 5.41) is 2.36. The highest BCUT2D eigenvalue weighted by molar-refractivity contribution is 9.10. The van der Waals surface area contributed by atoms with Crippen LogP contribution in [-0.4, -0.2) is 56.6 Å². The van der Waals surface area contributed by atoms with E-state index in [2.05, 4.69) is 26.0 Å². The number of carbonyl (C=O) groups is 2. The van der Waals surface area contributed by atoms with Gasteiger partial charge in [0, 0.05) is 23.6 Å². The van der Waals surface area contributed by atoms with Crippen molar-refractivity contribution in [2.75, 3.05) is 19.6 Å². The van der Waals surface area contributed by atoms with E-state index in [9.17, 15) is 31.2 Å². The summed E-state index contributed by atoms with van der Waals surface area (Å²) in [4.78, 5) is 24.5. The molecule has 1 saturated heterocycles. The van der Waals surface area contributed by atoms with E-state index in [-0.39, 0.29) is 42.9 Å². The third-order valence-corrected chi connectivity index (χ3v) is 6.56. The first-order chi connectivity index (χ1) is 14.6. The average Bonchev–Trinajstić information content (AvgIpc) is 2.64. The number of likely N-dealkylation sites (tertiary alicyclic amines) is 1. The predicted octanol–water partition coefficient (Wildman–Crippen LogP) is 3.26. The molecule has 180 valence electrons. The molecule has 2 rings (SSSR count). The van der Waals surface area contributed by atoms with Gasteiger partial charge in [0.15, 0.2) is 0 Å². The van der Waals surface area contributed by atoms with Crippen molar-refractivity contribution in [3.63, 3.8) is 0 Å². The summed E-state index contributed by atoms with van der Waals surface area (Å²) in [5.41, 5.74) is -1.97. The maximum absolute atomic E-state index is 13.3. The monoisotopic (exact) mass is 543 g/mol. The third kappa shape index (κ3) is 7.62. The van der Waals surface area contributed by atoms with Crippen molar-refractivity contribution in [3.8, 4) is 0 Å². The molecule has 0 aromatic heterocycles. The van der Waals surface area contributed by atoms with Crippen molar-refractivity contribution >= 4 is 38.0 Å². The van der Waals surface area contributed by atoms with Crippen molar-refractivity contribution in [2.24, 2.45) is 0 Å². The van der Waals surface area contributed by atoms with Crippen molar-refractivity contribution < 1.29 is 35.9 Å². The minimum absolute atomic E-state index is 0.107. The minimum atomic E-state index is -4.84. The van der Waals surface area contributed by atoms with Gasteiger partial charge >= 0.3 is 12.3 Å². The molecule has 1 aliphatic rings. The molecule has 2 amide bonds. The van der Waals surface area contributed by atoms with E-state index < -0.39 is 44.4 Å². The fourth-order valence-electron chi connectivity index (χ4n) is 3.06. The topological polar surface area (TPSA) is 105 Å². The summed E-state index contributed by atoms with van der Waals surface area (Å²) >= 11 is 2.92. The van der Waals surface area contributed by atoms with Crippen LogP contribution >= 0.6 is 15.9 Å². The van der Waals surface area contributed by atoms with E-state index in [0.717, 1.165) is 6.07 Å². The van der Waals surface area contributed by atoms with Gasteiger partial charge in [0.05, 0.1) is 10.5 Å². The van der Waals surface area contributed by atoms with Gasteiger partial charge in [0.2, 0.25) is 15.9 Å². The lowest BCUT2D eigenvalue weighted by molar-refractivity contribution is -0.140. The van der Waals surface area contributed by atoms with Gasteiger partial charge < -0.3 is 15.0 Å². The molecule has 8 nitrogen and oxygen atoms in total. The second-order valence-electron chi connectivity index (χ2n) is 8.27. The highest BCUT2D eigenvalue weighted by Crippen LogP contribution is 2.36. The summed E-state index contributed by atoms with van der Waals surface area (Å²) < 4.78 is 72.6. The van der Waals surface area contributed by atoms with Crippen LogP contribution in [-0.2, 0) is 25.7 Å². The first-order valence-electron chi connectivity index (χ1n) is 9.72. The number of nitrogens with one attached hydrogen (secondary N) is 2. The summed E-state index contributed by atoms with van der Waals surface area (Å²) in [5.74, 6) is -0.371. The number of hydrogen-bond acceptors (Lipinski definition) is 5. The smallest absolute Gasteiger partial charge is 0.417 e. The molecule has 0 saturated carbocycles. The quantitative estimate of drug-likeness (QED) is 0.593. The molecule has 0 aliphatic carbocycles. The van der Waals surface area contributed by atoms with Gasteiger partial charge in [0.1, 0.15) is 12.1 Å². The Morgan fingerprint density at radius 1 is 1.19 bits per heavy atom. The number of amides is 2. The Kier molecular flexibility index (Phi) is 8.21. The van der Waals surface area contributed by atoms with Gasteiger partial charge in [-0.15, -0.1) is 0 Å². The largest absolute Gasteiger partial charge is 0.444 e. The SMILES string of the molecule is CC(C)(C)OC(=O)NCC(=O)N1CCC(NS(=O)(=O)c2ccc(Br)cc2C(F)(F)F)CC1. The van der Waals surface area contributed by atoms with Crippen LogP contribution in [0.5, 0.6) is 0 Å². The van der Waals surface area contributed by atoms with E-state index in [4.69, 9.17) is 4.74 Å². The molecule has 0 unspecified atom stereocenters. The number of piperidine rings is 1. The molecule has 2 N–H and O–H groups in total. The number of nitrogens with zero attached hydrogens (tertiary/aromatic N) is 1. The van der Waals surface area contributed by atoms with Crippen LogP contribution in [0.15, 0.2) is 27.6 Å². The molecule has 1 aromatic carbocycles. The van der Waals surface area contributed by atoms with E-state index >= 15 is 0 Å². The zero-order valence-electron chi connectivity index (χ0n) is 17.8. The Labute approximate surface area is 193 Å². The molecular weight excluding hydrogens is 519 g/mol. The second-order valence-corrected chi connectivity index (χ2v) is 10.9. The zero-order valence-corrected chi connectivity index (χ0v) is 20.2. The third-order valence-electron chi connectivity index (χ3n) is 4.49. The van der Waals surface area contributed by atoms with Crippen LogP contribution in [0.4, 0.5) is 18.0 Å². The normalized spacial score (nSPS) is 16.0. The highest BCUT2D eigenvalue weighted by Gasteiger charge is 2.38. The summed E-state index contributed by atoms with van der Waals surface area (Å²) in [6.07, 6.45) is -5.14. The molecular formula is C19H25BrF3N3O5S. The lowest BCUT2D eigenvalue weighted by Crippen LogP contribution is -2.49. The first kappa shape index (κ1) is 26.4. The molecule has 1 aromatic rings. The summed E-state index contributed by atoms with van der Waals surface area (Å²) in [6, 6.07) is 2.21. The Balaban J connectivity index is 1.94. The minimum Gasteiger partial charge on any atom is -0.444 e. The Morgan fingerprint density at radius 2 is 1.78 bits per heavy atom. The van der Waals surface area contributed by atoms with E-state index in [0.29, 0.717) is 6.07 Å². The van der Waals surface area contributed by atoms with E-state index in [1.807, 2.05) is 0 Å². The number of sulfonamides is 1. The number of hydrogen-bond donors (Lipinski definition) is 2. The molecule has 1 heterocycles. The van der Waals surface area contributed by atoms with Crippen molar-refractivity contribution in [2.45, 2.75) is 56.3 Å². The lowest BCUT2D eigenvalue weighted by Gasteiger charge is -2.32. The summed E-state index contributed by atoms with van der Waals surface area (Å²) in [7, 11) is -4.43. The molecule has 0 radical (unpaired) electrons. The fraction of sp³-hybridized carbons (Fsp3) is 0.579. The molecule has 0 atom stereocenters. The standard InChI is InChI=1S/C19H25BrF3N3O5S/c1-18(2,3)31-17(28)24-11-16(27)26-8-6-13(7-9-26)25-32(29,30)15-5-4-12(20)10-14(15)19(21,22)23/h4-5,10,13,25H,6-9,11H2,1-3H3,(H,24,28). The van der Waals surface area contributed by atoms with Crippen LogP contribution in [0.25, 0.3) is 0 Å². The Hall–Kier alpha value is -1.86. The summed E-state index contributed by atoms with van der Waals surface area (Å²) in [6.45, 7) is 5.16. The fourth-order valence-corrected chi connectivity index (χ4v) is 4.94. The van der Waals surface area contributed by atoms with Gasteiger partial charge in [-0.1, -0.05) is 15.9 Å². The number of rotatable bonds is 5. The lowest BCUT2D eigenvalue weighted by atomic mass is 10.1. The number of carbonyl (C=O) groups excluding carboxylic acids is 2. The van der Waals surface area contributed by atoms with Crippen LogP contribution in [0, 0.1) is 0 Å². The van der Waals surface area contributed by atoms with E-state index in [1.54, 1.807) is 20.8 Å². The van der Waals surface area contributed by atoms with Crippen molar-refractivity contribution in [1.29, 1.82) is 0 Å². The average molecular weight is 544 g/mol. The maximum Gasteiger partial charge on any atom is 0.417 e. The molecule has 0 spiro atoms. The molecule has 0 bridgehead atoms. The predicted molar refractivity (Wildman–Crippen MR) is 113 cm³/mol. The van der Waals surface area contributed by atoms with Gasteiger partial charge in [-0.2, -0.15) is 13.2 Å². The van der Waals surface area contributed by atoms with Gasteiger partial charge in [-0.05, 0) is 51.8 Å². The second kappa shape index (κ2) is 9.96.